The highest BCUT2D eigenvalue weighted by Crippen LogP contribution is 2.27. The van der Waals surface area contributed by atoms with Gasteiger partial charge in [-0.1, -0.05) is 19.9 Å². The minimum absolute atomic E-state index is 0.258. The molecule has 0 N–H and O–H groups in total. The molecule has 0 aliphatic heterocycles. The van der Waals surface area contributed by atoms with Crippen LogP contribution in [0.2, 0.25) is 0 Å². The lowest BCUT2D eigenvalue weighted by Crippen LogP contribution is -2.38. The number of hydrogen-bond acceptors (Lipinski definition) is 4. The molecular formula is C17H27NO3. The Morgan fingerprint density at radius 3 is 2.48 bits per heavy atom. The minimum atomic E-state index is 0.258. The molecular weight excluding hydrogens is 266 g/mol. The van der Waals surface area contributed by atoms with Gasteiger partial charge < -0.3 is 14.2 Å². The normalized spacial score (nSPS) is 24.2. The number of ether oxygens (including phenoxy) is 3. The first-order chi connectivity index (χ1) is 10.1. The van der Waals surface area contributed by atoms with Crippen LogP contribution < -0.4 is 4.74 Å². The molecule has 0 spiro atoms. The lowest BCUT2D eigenvalue weighted by molar-refractivity contribution is -0.0396. The average molecular weight is 293 g/mol. The summed E-state index contributed by atoms with van der Waals surface area (Å²) in [5.41, 5.74) is 1.25. The van der Waals surface area contributed by atoms with E-state index in [0.29, 0.717) is 17.9 Å². The Hall–Kier alpha value is -1.13. The summed E-state index contributed by atoms with van der Waals surface area (Å²) in [7, 11) is 3.51. The Morgan fingerprint density at radius 2 is 1.90 bits per heavy atom. The highest BCUT2D eigenvalue weighted by atomic mass is 16.5. The van der Waals surface area contributed by atoms with Gasteiger partial charge in [0, 0.05) is 45.9 Å². The van der Waals surface area contributed by atoms with E-state index in [1.165, 1.54) is 5.56 Å². The Labute approximate surface area is 127 Å². The summed E-state index contributed by atoms with van der Waals surface area (Å²) in [6.07, 6.45) is 5.49. The van der Waals surface area contributed by atoms with Crippen LogP contribution >= 0.6 is 0 Å². The molecule has 0 amide bonds. The monoisotopic (exact) mass is 293 g/mol. The third kappa shape index (κ3) is 4.68. The lowest BCUT2D eigenvalue weighted by Gasteiger charge is -2.33. The van der Waals surface area contributed by atoms with E-state index >= 15 is 0 Å². The summed E-state index contributed by atoms with van der Waals surface area (Å²) in [6, 6.07) is 4.09. The first-order valence-electron chi connectivity index (χ1n) is 7.75. The van der Waals surface area contributed by atoms with E-state index in [9.17, 15) is 0 Å². The number of aromatic nitrogens is 1. The Morgan fingerprint density at radius 1 is 1.14 bits per heavy atom. The first kappa shape index (κ1) is 16.2. The highest BCUT2D eigenvalue weighted by molar-refractivity contribution is 5.19. The van der Waals surface area contributed by atoms with Gasteiger partial charge in [-0.2, -0.15) is 0 Å². The largest absolute Gasteiger partial charge is 0.474 e. The summed E-state index contributed by atoms with van der Waals surface area (Å²) >= 11 is 0. The van der Waals surface area contributed by atoms with Crippen LogP contribution in [0.1, 0.15) is 32.3 Å². The van der Waals surface area contributed by atoms with Gasteiger partial charge in [-0.05, 0) is 23.8 Å². The third-order valence-electron chi connectivity index (χ3n) is 4.43. The molecule has 4 heteroatoms. The minimum Gasteiger partial charge on any atom is -0.474 e. The van der Waals surface area contributed by atoms with E-state index in [1.807, 2.05) is 12.3 Å². The standard InChI is InChI=1S/C17H27NO3/c1-12(13(2)11-19-3)7-14-5-6-17(18-10-14)21-16-8-15(9-16)20-4/h5-6,10,12-13,15-16H,7-9,11H2,1-4H3. The number of methoxy groups -OCH3 is 2. The zero-order valence-corrected chi connectivity index (χ0v) is 13.5. The zero-order valence-electron chi connectivity index (χ0n) is 13.5. The van der Waals surface area contributed by atoms with Gasteiger partial charge in [0.15, 0.2) is 0 Å². The average Bonchev–Trinajstić information content (AvgIpc) is 2.44. The van der Waals surface area contributed by atoms with Crippen molar-refractivity contribution in [2.45, 2.75) is 45.3 Å². The van der Waals surface area contributed by atoms with Crippen LogP contribution in [0.3, 0.4) is 0 Å². The topological polar surface area (TPSA) is 40.6 Å². The molecule has 1 heterocycles. The van der Waals surface area contributed by atoms with Crippen molar-refractivity contribution in [3.8, 4) is 5.88 Å². The van der Waals surface area contributed by atoms with Crippen LogP contribution in [-0.2, 0) is 15.9 Å². The molecule has 0 aromatic carbocycles. The van der Waals surface area contributed by atoms with Crippen molar-refractivity contribution < 1.29 is 14.2 Å². The van der Waals surface area contributed by atoms with Crippen molar-refractivity contribution in [3.63, 3.8) is 0 Å². The summed E-state index contributed by atoms with van der Waals surface area (Å²) in [6.45, 7) is 5.29. The van der Waals surface area contributed by atoms with Gasteiger partial charge in [0.2, 0.25) is 5.88 Å². The fourth-order valence-corrected chi connectivity index (χ4v) is 2.58. The molecule has 2 rings (SSSR count). The summed E-state index contributed by atoms with van der Waals surface area (Å²) < 4.78 is 16.3. The first-order valence-corrected chi connectivity index (χ1v) is 7.75. The molecule has 0 saturated heterocycles. The van der Waals surface area contributed by atoms with E-state index in [0.717, 1.165) is 31.7 Å². The van der Waals surface area contributed by atoms with E-state index in [-0.39, 0.29) is 6.10 Å². The van der Waals surface area contributed by atoms with Crippen molar-refractivity contribution in [1.29, 1.82) is 0 Å². The second-order valence-electron chi connectivity index (χ2n) is 6.19. The molecule has 0 radical (unpaired) electrons. The molecule has 1 aliphatic carbocycles. The van der Waals surface area contributed by atoms with Crippen LogP contribution in [0.5, 0.6) is 5.88 Å². The quantitative estimate of drug-likeness (QED) is 0.738. The smallest absolute Gasteiger partial charge is 0.213 e. The van der Waals surface area contributed by atoms with Gasteiger partial charge in [-0.3, -0.25) is 0 Å². The number of nitrogens with zero attached hydrogens (tertiary/aromatic N) is 1. The Bertz CT molecular complexity index is 415. The van der Waals surface area contributed by atoms with Gasteiger partial charge in [-0.25, -0.2) is 4.98 Å². The number of rotatable bonds is 8. The van der Waals surface area contributed by atoms with Gasteiger partial charge >= 0.3 is 0 Å². The van der Waals surface area contributed by atoms with Gasteiger partial charge in [0.25, 0.3) is 0 Å². The lowest BCUT2D eigenvalue weighted by atomic mass is 9.91. The fourth-order valence-electron chi connectivity index (χ4n) is 2.58. The van der Waals surface area contributed by atoms with Crippen molar-refractivity contribution in [3.05, 3.63) is 23.9 Å². The molecule has 21 heavy (non-hydrogen) atoms. The second-order valence-corrected chi connectivity index (χ2v) is 6.19. The molecule has 118 valence electrons. The Balaban J connectivity index is 1.79. The van der Waals surface area contributed by atoms with Gasteiger partial charge in [0.1, 0.15) is 6.10 Å². The fraction of sp³-hybridized carbons (Fsp3) is 0.706. The summed E-state index contributed by atoms with van der Waals surface area (Å²) in [5.74, 6) is 1.84. The second kappa shape index (κ2) is 7.76. The maximum atomic E-state index is 5.82. The molecule has 1 saturated carbocycles. The predicted molar refractivity (Wildman–Crippen MR) is 82.6 cm³/mol. The van der Waals surface area contributed by atoms with Crippen LogP contribution in [0.4, 0.5) is 0 Å². The maximum absolute atomic E-state index is 5.82. The van der Waals surface area contributed by atoms with Crippen molar-refractivity contribution in [2.75, 3.05) is 20.8 Å². The van der Waals surface area contributed by atoms with Crippen LogP contribution in [0.15, 0.2) is 18.3 Å². The summed E-state index contributed by atoms with van der Waals surface area (Å²) in [5, 5.41) is 0. The maximum Gasteiger partial charge on any atom is 0.213 e. The van der Waals surface area contributed by atoms with Crippen LogP contribution in [-0.4, -0.2) is 38.0 Å². The zero-order chi connectivity index (χ0) is 15.2. The molecule has 1 aromatic rings. The molecule has 4 nitrogen and oxygen atoms in total. The SMILES string of the molecule is COCC(C)C(C)Cc1ccc(OC2CC(OC)C2)nc1. The van der Waals surface area contributed by atoms with E-state index < -0.39 is 0 Å². The van der Waals surface area contributed by atoms with Gasteiger partial charge in [-0.15, -0.1) is 0 Å². The number of pyridine rings is 1. The van der Waals surface area contributed by atoms with Crippen LogP contribution in [0.25, 0.3) is 0 Å². The molecule has 1 aliphatic rings. The Kier molecular flexibility index (Phi) is 6.00. The third-order valence-corrected chi connectivity index (χ3v) is 4.43. The molecule has 0 bridgehead atoms. The molecule has 1 aromatic heterocycles. The van der Waals surface area contributed by atoms with Crippen molar-refractivity contribution in [1.82, 2.24) is 4.98 Å². The molecule has 1 fully saturated rings. The van der Waals surface area contributed by atoms with Crippen LogP contribution in [0, 0.1) is 11.8 Å². The van der Waals surface area contributed by atoms with E-state index in [2.05, 4.69) is 24.9 Å². The summed E-state index contributed by atoms with van der Waals surface area (Å²) in [4.78, 5) is 4.42. The van der Waals surface area contributed by atoms with Crippen molar-refractivity contribution >= 4 is 0 Å². The predicted octanol–water partition coefficient (Wildman–Crippen LogP) is 3.10. The van der Waals surface area contributed by atoms with Crippen molar-refractivity contribution in [2.24, 2.45) is 11.8 Å². The highest BCUT2D eigenvalue weighted by Gasteiger charge is 2.30. The molecule has 2 atom stereocenters. The number of hydrogen-bond donors (Lipinski definition) is 0. The van der Waals surface area contributed by atoms with E-state index in [1.54, 1.807) is 14.2 Å². The van der Waals surface area contributed by atoms with Gasteiger partial charge in [0.05, 0.1) is 6.10 Å². The molecule has 2 unspecified atom stereocenters. The van der Waals surface area contributed by atoms with E-state index in [4.69, 9.17) is 14.2 Å².